The number of aryl methyl sites for hydroxylation is 3. The number of fused-ring (bicyclic) bond motifs is 1. The molecule has 0 fully saturated rings. The van der Waals surface area contributed by atoms with Gasteiger partial charge in [-0.05, 0) is 30.7 Å². The van der Waals surface area contributed by atoms with E-state index in [1.165, 1.54) is 4.88 Å². The Bertz CT molecular complexity index is 769. The summed E-state index contributed by atoms with van der Waals surface area (Å²) >= 11 is 1.59. The van der Waals surface area contributed by atoms with E-state index in [1.807, 2.05) is 30.3 Å². The summed E-state index contributed by atoms with van der Waals surface area (Å²) in [7, 11) is 2.06. The summed E-state index contributed by atoms with van der Waals surface area (Å²) in [6.45, 7) is 0. The van der Waals surface area contributed by atoms with Crippen molar-refractivity contribution in [3.63, 3.8) is 0 Å². The van der Waals surface area contributed by atoms with Gasteiger partial charge >= 0.3 is 0 Å². The van der Waals surface area contributed by atoms with Crippen molar-refractivity contribution in [1.29, 1.82) is 5.41 Å². The van der Waals surface area contributed by atoms with Crippen LogP contribution in [0.4, 0.5) is 0 Å². The van der Waals surface area contributed by atoms with Gasteiger partial charge in [-0.15, -0.1) is 11.3 Å². The minimum Gasteiger partial charge on any atom is -0.383 e. The number of nitrogen functional groups attached to an aromatic ring is 1. The molecule has 0 amide bonds. The highest BCUT2D eigenvalue weighted by Crippen LogP contribution is 2.19. The van der Waals surface area contributed by atoms with Gasteiger partial charge in [0.05, 0.1) is 15.9 Å². The van der Waals surface area contributed by atoms with E-state index in [1.54, 1.807) is 11.3 Å². The summed E-state index contributed by atoms with van der Waals surface area (Å²) in [6, 6.07) is 12.1. The lowest BCUT2D eigenvalue weighted by atomic mass is 10.2. The average Bonchev–Trinajstić information content (AvgIpc) is 3.03. The number of thiophene rings is 1. The molecule has 0 bridgehead atoms. The molecular formula is C15H16N4S. The Morgan fingerprint density at radius 1 is 1.25 bits per heavy atom. The van der Waals surface area contributed by atoms with Crippen LogP contribution in [0.5, 0.6) is 0 Å². The number of benzene rings is 1. The van der Waals surface area contributed by atoms with Gasteiger partial charge in [0.15, 0.2) is 0 Å². The van der Waals surface area contributed by atoms with Crippen molar-refractivity contribution in [3.05, 3.63) is 52.0 Å². The average molecular weight is 284 g/mol. The molecule has 3 rings (SSSR count). The first kappa shape index (κ1) is 12.9. The molecule has 1 aromatic carbocycles. The van der Waals surface area contributed by atoms with Crippen LogP contribution in [0.1, 0.15) is 15.6 Å². The van der Waals surface area contributed by atoms with Gasteiger partial charge < -0.3 is 10.3 Å². The Hall–Kier alpha value is -2.14. The number of amidine groups is 1. The highest BCUT2D eigenvalue weighted by molar-refractivity contribution is 7.14. The number of para-hydroxylation sites is 2. The van der Waals surface area contributed by atoms with E-state index in [-0.39, 0.29) is 5.84 Å². The molecule has 2 aromatic heterocycles. The second-order valence-electron chi connectivity index (χ2n) is 4.76. The third-order valence-electron chi connectivity index (χ3n) is 3.40. The highest BCUT2D eigenvalue weighted by atomic mass is 32.1. The summed E-state index contributed by atoms with van der Waals surface area (Å²) in [5.74, 6) is 1.23. The Labute approximate surface area is 121 Å². The van der Waals surface area contributed by atoms with Crippen molar-refractivity contribution in [2.75, 3.05) is 0 Å². The van der Waals surface area contributed by atoms with Crippen molar-refractivity contribution >= 4 is 28.2 Å². The Morgan fingerprint density at radius 2 is 2.05 bits per heavy atom. The summed E-state index contributed by atoms with van der Waals surface area (Å²) in [6.07, 6.45) is 1.82. The molecule has 5 heteroatoms. The second kappa shape index (κ2) is 5.09. The van der Waals surface area contributed by atoms with Gasteiger partial charge in [0, 0.05) is 18.3 Å². The number of nitrogens with two attached hydrogens (primary N) is 1. The fourth-order valence-corrected chi connectivity index (χ4v) is 3.18. The third-order valence-corrected chi connectivity index (χ3v) is 4.58. The zero-order chi connectivity index (χ0) is 14.1. The van der Waals surface area contributed by atoms with Crippen LogP contribution in [0.3, 0.4) is 0 Å². The van der Waals surface area contributed by atoms with Crippen molar-refractivity contribution < 1.29 is 0 Å². The molecule has 0 saturated heterocycles. The summed E-state index contributed by atoms with van der Waals surface area (Å²) < 4.78 is 2.15. The monoisotopic (exact) mass is 284 g/mol. The van der Waals surface area contributed by atoms with Crippen LogP contribution in [-0.4, -0.2) is 15.4 Å². The number of aromatic nitrogens is 2. The summed E-state index contributed by atoms with van der Waals surface area (Å²) in [5.41, 5.74) is 7.69. The first-order valence-corrected chi connectivity index (χ1v) is 7.30. The largest absolute Gasteiger partial charge is 0.383 e. The fraction of sp³-hybridized carbons (Fsp3) is 0.200. The Kier molecular flexibility index (Phi) is 3.28. The maximum Gasteiger partial charge on any atom is 0.133 e. The molecule has 0 saturated carbocycles. The zero-order valence-electron chi connectivity index (χ0n) is 11.3. The number of rotatable bonds is 4. The first-order valence-electron chi connectivity index (χ1n) is 6.48. The minimum atomic E-state index is 0.143. The molecule has 0 spiro atoms. The van der Waals surface area contributed by atoms with E-state index in [0.717, 1.165) is 34.6 Å². The normalized spacial score (nSPS) is 11.1. The lowest BCUT2D eigenvalue weighted by Gasteiger charge is -2.01. The number of nitrogens with zero attached hydrogens (tertiary/aromatic N) is 2. The van der Waals surface area contributed by atoms with Crippen LogP contribution in [0, 0.1) is 5.41 Å². The quantitative estimate of drug-likeness (QED) is 0.571. The number of hydrogen-bond acceptors (Lipinski definition) is 3. The molecule has 102 valence electrons. The SMILES string of the molecule is Cn1c(CCc2ccc(C(=N)N)s2)nc2ccccc21. The lowest BCUT2D eigenvalue weighted by molar-refractivity contribution is 0.792. The van der Waals surface area contributed by atoms with Gasteiger partial charge in [0.1, 0.15) is 11.7 Å². The van der Waals surface area contributed by atoms with Gasteiger partial charge in [-0.25, -0.2) is 4.98 Å². The summed E-state index contributed by atoms with van der Waals surface area (Å²) in [4.78, 5) is 6.75. The molecule has 0 aliphatic carbocycles. The molecule has 3 N–H and O–H groups in total. The lowest BCUT2D eigenvalue weighted by Crippen LogP contribution is -2.08. The van der Waals surface area contributed by atoms with Gasteiger partial charge in [0.2, 0.25) is 0 Å². The number of hydrogen-bond donors (Lipinski definition) is 2. The predicted octanol–water partition coefficient (Wildman–Crippen LogP) is 2.70. The van der Waals surface area contributed by atoms with Gasteiger partial charge in [0.25, 0.3) is 0 Å². The molecule has 0 aliphatic rings. The Morgan fingerprint density at radius 3 is 2.75 bits per heavy atom. The molecule has 2 heterocycles. The van der Waals surface area contributed by atoms with E-state index in [2.05, 4.69) is 22.7 Å². The molecule has 4 nitrogen and oxygen atoms in total. The van der Waals surface area contributed by atoms with Crippen molar-refractivity contribution in [2.45, 2.75) is 12.8 Å². The topological polar surface area (TPSA) is 67.7 Å². The molecule has 0 aliphatic heterocycles. The van der Waals surface area contributed by atoms with Gasteiger partial charge in [-0.1, -0.05) is 12.1 Å². The van der Waals surface area contributed by atoms with Crippen LogP contribution in [-0.2, 0) is 19.9 Å². The maximum absolute atomic E-state index is 7.42. The smallest absolute Gasteiger partial charge is 0.133 e. The van der Waals surface area contributed by atoms with Crippen molar-refractivity contribution in [3.8, 4) is 0 Å². The minimum absolute atomic E-state index is 0.143. The number of nitrogens with one attached hydrogen (secondary N) is 1. The second-order valence-corrected chi connectivity index (χ2v) is 5.92. The van der Waals surface area contributed by atoms with Crippen molar-refractivity contribution in [2.24, 2.45) is 12.8 Å². The molecule has 3 aromatic rings. The predicted molar refractivity (Wildman–Crippen MR) is 83.5 cm³/mol. The van der Waals surface area contributed by atoms with Gasteiger partial charge in [-0.2, -0.15) is 0 Å². The highest BCUT2D eigenvalue weighted by Gasteiger charge is 2.08. The van der Waals surface area contributed by atoms with Gasteiger partial charge in [-0.3, -0.25) is 5.41 Å². The first-order chi connectivity index (χ1) is 9.65. The van der Waals surface area contributed by atoms with Crippen molar-refractivity contribution in [1.82, 2.24) is 9.55 Å². The summed E-state index contributed by atoms with van der Waals surface area (Å²) in [5, 5.41) is 7.42. The molecule has 0 radical (unpaired) electrons. The van der Waals surface area contributed by atoms with Crippen LogP contribution in [0.15, 0.2) is 36.4 Å². The maximum atomic E-state index is 7.42. The van der Waals surface area contributed by atoms with E-state index in [0.29, 0.717) is 0 Å². The zero-order valence-corrected chi connectivity index (χ0v) is 12.1. The number of imidazole rings is 1. The standard InChI is InChI=1S/C15H16N4S/c1-19-12-5-3-2-4-11(12)18-14(19)9-7-10-6-8-13(20-10)15(16)17/h2-6,8H,7,9H2,1H3,(H3,16,17). The van der Waals surface area contributed by atoms with Crippen LogP contribution in [0.2, 0.25) is 0 Å². The molecule has 0 atom stereocenters. The van der Waals surface area contributed by atoms with E-state index in [4.69, 9.17) is 11.1 Å². The fourth-order valence-electron chi connectivity index (χ4n) is 2.31. The Balaban J connectivity index is 1.79. The van der Waals surface area contributed by atoms with E-state index in [9.17, 15) is 0 Å². The molecule has 0 unspecified atom stereocenters. The van der Waals surface area contributed by atoms with E-state index >= 15 is 0 Å². The van der Waals surface area contributed by atoms with Crippen LogP contribution >= 0.6 is 11.3 Å². The van der Waals surface area contributed by atoms with Crippen LogP contribution in [0.25, 0.3) is 11.0 Å². The van der Waals surface area contributed by atoms with Crippen LogP contribution < -0.4 is 5.73 Å². The van der Waals surface area contributed by atoms with E-state index < -0.39 is 0 Å². The molecular weight excluding hydrogens is 268 g/mol. The third kappa shape index (κ3) is 2.32. The molecule has 20 heavy (non-hydrogen) atoms.